The van der Waals surface area contributed by atoms with Crippen LogP contribution in [-0.4, -0.2) is 23.0 Å². The number of nitro groups is 1. The van der Waals surface area contributed by atoms with Crippen molar-refractivity contribution in [2.75, 3.05) is 5.32 Å². The second-order valence-electron chi connectivity index (χ2n) is 4.90. The number of carbonyl (C=O) groups excluding carboxylic acids is 2. The molecule has 136 valence electrons. The van der Waals surface area contributed by atoms with Crippen molar-refractivity contribution in [3.8, 4) is 0 Å². The van der Waals surface area contributed by atoms with Crippen LogP contribution in [0.25, 0.3) is 0 Å². The number of halogens is 2. The zero-order valence-electron chi connectivity index (χ0n) is 13.1. The summed E-state index contributed by atoms with van der Waals surface area (Å²) in [7, 11) is 0. The van der Waals surface area contributed by atoms with Crippen LogP contribution in [0, 0.1) is 10.1 Å². The number of nitrogens with zero attached hydrogens (tertiary/aromatic N) is 2. The molecule has 0 aliphatic carbocycles. The minimum absolute atomic E-state index is 0.0182. The third-order valence-corrected chi connectivity index (χ3v) is 4.48. The topological polar surface area (TPSA) is 114 Å². The van der Waals surface area contributed by atoms with Crippen LogP contribution in [-0.2, 0) is 9.59 Å². The number of amides is 2. The molecule has 2 N–H and O–H groups in total. The summed E-state index contributed by atoms with van der Waals surface area (Å²) in [6.45, 7) is 0. The maximum Gasteiger partial charge on any atom is 0.324 e. The van der Waals surface area contributed by atoms with Crippen molar-refractivity contribution in [3.63, 3.8) is 0 Å². The van der Waals surface area contributed by atoms with Crippen LogP contribution in [0.1, 0.15) is 17.7 Å². The lowest BCUT2D eigenvalue weighted by Gasteiger charge is -2.07. The number of hydrogen-bond donors (Lipinski definition) is 2. The van der Waals surface area contributed by atoms with Gasteiger partial charge in [0.25, 0.3) is 0 Å². The number of hydrazone groups is 1. The fraction of sp³-hybridized carbons (Fsp3) is 0.133. The average Bonchev–Trinajstić information content (AvgIpc) is 3.05. The van der Waals surface area contributed by atoms with Gasteiger partial charge in [0.1, 0.15) is 0 Å². The van der Waals surface area contributed by atoms with Crippen LogP contribution in [0.15, 0.2) is 35.4 Å². The molecular weight excluding hydrogens is 403 g/mol. The Kier molecular flexibility index (Phi) is 7.07. The number of hydrogen-bond acceptors (Lipinski definition) is 6. The molecule has 2 aromatic rings. The Bertz CT molecular complexity index is 869. The van der Waals surface area contributed by atoms with Crippen molar-refractivity contribution in [2.24, 2.45) is 5.10 Å². The highest BCUT2D eigenvalue weighted by atomic mass is 35.5. The zero-order valence-corrected chi connectivity index (χ0v) is 15.4. The van der Waals surface area contributed by atoms with Gasteiger partial charge in [0.05, 0.1) is 26.7 Å². The van der Waals surface area contributed by atoms with E-state index in [1.165, 1.54) is 24.4 Å². The predicted molar refractivity (Wildman–Crippen MR) is 101 cm³/mol. The number of benzene rings is 1. The van der Waals surface area contributed by atoms with Gasteiger partial charge in [-0.3, -0.25) is 19.7 Å². The molecule has 26 heavy (non-hydrogen) atoms. The number of rotatable bonds is 7. The van der Waals surface area contributed by atoms with E-state index in [0.29, 0.717) is 20.6 Å². The molecule has 0 bridgehead atoms. The van der Waals surface area contributed by atoms with Crippen LogP contribution in [0.5, 0.6) is 0 Å². The van der Waals surface area contributed by atoms with Gasteiger partial charge in [-0.05, 0) is 24.3 Å². The molecular formula is C15H12Cl2N4O4S. The van der Waals surface area contributed by atoms with Gasteiger partial charge in [0.2, 0.25) is 11.8 Å². The molecule has 1 heterocycles. The van der Waals surface area contributed by atoms with E-state index >= 15 is 0 Å². The summed E-state index contributed by atoms with van der Waals surface area (Å²) < 4.78 is 0. The highest BCUT2D eigenvalue weighted by molar-refractivity contribution is 7.16. The summed E-state index contributed by atoms with van der Waals surface area (Å²) in [4.78, 5) is 34.1. The summed E-state index contributed by atoms with van der Waals surface area (Å²) in [5.74, 6) is -0.855. The van der Waals surface area contributed by atoms with Gasteiger partial charge < -0.3 is 5.32 Å². The number of anilines is 1. The first-order valence-electron chi connectivity index (χ1n) is 7.16. The Morgan fingerprint density at radius 2 is 1.92 bits per heavy atom. The second kappa shape index (κ2) is 9.27. The van der Waals surface area contributed by atoms with Gasteiger partial charge in [0.15, 0.2) is 0 Å². The van der Waals surface area contributed by atoms with Crippen LogP contribution in [0.4, 0.5) is 10.7 Å². The van der Waals surface area contributed by atoms with Gasteiger partial charge in [0, 0.05) is 23.9 Å². The summed E-state index contributed by atoms with van der Waals surface area (Å²) in [6.07, 6.45) is 1.15. The number of nitrogens with one attached hydrogen (secondary N) is 2. The molecule has 0 radical (unpaired) electrons. The number of thiophene rings is 1. The van der Waals surface area contributed by atoms with E-state index in [4.69, 9.17) is 23.2 Å². The normalized spacial score (nSPS) is 10.7. The minimum Gasteiger partial charge on any atom is -0.325 e. The van der Waals surface area contributed by atoms with Crippen molar-refractivity contribution in [3.05, 3.63) is 55.4 Å². The van der Waals surface area contributed by atoms with Gasteiger partial charge in [-0.15, -0.1) is 0 Å². The summed E-state index contributed by atoms with van der Waals surface area (Å²) >= 11 is 12.6. The van der Waals surface area contributed by atoms with Crippen LogP contribution >= 0.6 is 34.5 Å². The third kappa shape index (κ3) is 6.10. The Balaban J connectivity index is 1.76. The lowest BCUT2D eigenvalue weighted by molar-refractivity contribution is -0.380. The molecule has 0 saturated heterocycles. The van der Waals surface area contributed by atoms with E-state index in [1.807, 2.05) is 0 Å². The van der Waals surface area contributed by atoms with E-state index in [0.717, 1.165) is 11.3 Å². The van der Waals surface area contributed by atoms with Gasteiger partial charge >= 0.3 is 5.00 Å². The smallest absolute Gasteiger partial charge is 0.324 e. The first-order chi connectivity index (χ1) is 12.3. The number of carbonyl (C=O) groups is 2. The van der Waals surface area contributed by atoms with Crippen molar-refractivity contribution < 1.29 is 14.5 Å². The molecule has 0 saturated carbocycles. The largest absolute Gasteiger partial charge is 0.325 e. The predicted octanol–water partition coefficient (Wildman–Crippen LogP) is 3.83. The van der Waals surface area contributed by atoms with Crippen LogP contribution in [0.2, 0.25) is 10.0 Å². The maximum atomic E-state index is 11.8. The van der Waals surface area contributed by atoms with E-state index < -0.39 is 10.8 Å². The lowest BCUT2D eigenvalue weighted by atomic mass is 10.2. The van der Waals surface area contributed by atoms with Gasteiger partial charge in [-0.25, -0.2) is 5.43 Å². The maximum absolute atomic E-state index is 11.8. The van der Waals surface area contributed by atoms with E-state index in [2.05, 4.69) is 15.8 Å². The fourth-order valence-corrected chi connectivity index (χ4v) is 2.91. The molecule has 0 atom stereocenters. The van der Waals surface area contributed by atoms with E-state index in [9.17, 15) is 19.7 Å². The highest BCUT2D eigenvalue weighted by Crippen LogP contribution is 2.25. The minimum atomic E-state index is -0.508. The van der Waals surface area contributed by atoms with Crippen molar-refractivity contribution >= 4 is 63.3 Å². The molecule has 11 heteroatoms. The molecule has 1 aromatic heterocycles. The fourth-order valence-electron chi connectivity index (χ4n) is 1.76. The van der Waals surface area contributed by atoms with Gasteiger partial charge in [-0.2, -0.15) is 5.10 Å². The Hall–Kier alpha value is -2.49. The monoisotopic (exact) mass is 414 g/mol. The highest BCUT2D eigenvalue weighted by Gasteiger charge is 2.10. The molecule has 1 aromatic carbocycles. The molecule has 0 fully saturated rings. The van der Waals surface area contributed by atoms with Gasteiger partial charge in [-0.1, -0.05) is 34.5 Å². The van der Waals surface area contributed by atoms with Crippen LogP contribution < -0.4 is 10.7 Å². The standard InChI is InChI=1S/C15H12Cl2N4O4S/c16-9-1-3-12(11(17)7-9)19-13(22)4-5-14(23)20-18-8-10-2-6-15(26-10)21(24)25/h1-3,6-8H,4-5H2,(H,19,22)(H,20,23). The first kappa shape index (κ1) is 19.8. The van der Waals surface area contributed by atoms with Crippen molar-refractivity contribution in [1.29, 1.82) is 0 Å². The summed E-state index contributed by atoms with van der Waals surface area (Å²) in [5, 5.41) is 17.6. The molecule has 8 nitrogen and oxygen atoms in total. The Morgan fingerprint density at radius 3 is 2.58 bits per heavy atom. The SMILES string of the molecule is O=C(CCC(=O)Nc1ccc(Cl)cc1Cl)NN=Cc1ccc([N+](=O)[O-])s1. The Labute approximate surface area is 162 Å². The molecule has 0 spiro atoms. The zero-order chi connectivity index (χ0) is 19.1. The third-order valence-electron chi connectivity index (χ3n) is 2.96. The van der Waals surface area contributed by atoms with Crippen LogP contribution in [0.3, 0.4) is 0 Å². The first-order valence-corrected chi connectivity index (χ1v) is 8.73. The van der Waals surface area contributed by atoms with E-state index in [1.54, 1.807) is 12.1 Å². The molecule has 0 aliphatic heterocycles. The van der Waals surface area contributed by atoms with Crippen molar-refractivity contribution in [1.82, 2.24) is 5.43 Å². The molecule has 2 rings (SSSR count). The molecule has 0 unspecified atom stereocenters. The summed E-state index contributed by atoms with van der Waals surface area (Å²) in [6, 6.07) is 7.50. The summed E-state index contributed by atoms with van der Waals surface area (Å²) in [5.41, 5.74) is 2.65. The average molecular weight is 415 g/mol. The van der Waals surface area contributed by atoms with E-state index in [-0.39, 0.29) is 23.7 Å². The lowest BCUT2D eigenvalue weighted by Crippen LogP contribution is -2.20. The molecule has 2 amide bonds. The quantitative estimate of drug-likeness (QED) is 0.406. The van der Waals surface area contributed by atoms with Crippen molar-refractivity contribution in [2.45, 2.75) is 12.8 Å². The molecule has 0 aliphatic rings. The second-order valence-corrected chi connectivity index (χ2v) is 6.84. The Morgan fingerprint density at radius 1 is 1.19 bits per heavy atom.